The minimum Gasteiger partial charge on any atom is -0.465 e. The van der Waals surface area contributed by atoms with Gasteiger partial charge < -0.3 is 15.4 Å². The molecule has 17 heavy (non-hydrogen) atoms. The average molecular weight is 252 g/mol. The van der Waals surface area contributed by atoms with Crippen molar-refractivity contribution in [3.05, 3.63) is 29.8 Å². The molecule has 4 nitrogen and oxygen atoms in total. The molecule has 0 aliphatic heterocycles. The Hall–Kier alpha value is -1.62. The van der Waals surface area contributed by atoms with Crippen LogP contribution in [0.4, 0.5) is 5.69 Å². The fourth-order valence-corrected chi connectivity index (χ4v) is 1.45. The molecular weight excluding hydrogens is 236 g/mol. The van der Waals surface area contributed by atoms with Gasteiger partial charge in [0.1, 0.15) is 6.54 Å². The second-order valence-corrected chi connectivity index (χ2v) is 3.89. The van der Waals surface area contributed by atoms with Gasteiger partial charge in [0.05, 0.1) is 6.61 Å². The standard InChI is InChI=1S/C12H16N2O2S/c1-3-16-11(15)8-13-12(17)14-10-6-4-5-9(2)7-10/h4-7H,3,8H2,1-2H3,(H2,13,14,17). The summed E-state index contributed by atoms with van der Waals surface area (Å²) in [7, 11) is 0. The largest absolute Gasteiger partial charge is 0.465 e. The van der Waals surface area contributed by atoms with Gasteiger partial charge in [-0.15, -0.1) is 0 Å². The summed E-state index contributed by atoms with van der Waals surface area (Å²) in [5.74, 6) is -0.319. The average Bonchev–Trinajstić information content (AvgIpc) is 2.27. The molecule has 2 N–H and O–H groups in total. The van der Waals surface area contributed by atoms with Gasteiger partial charge in [-0.2, -0.15) is 0 Å². The number of thiocarbonyl (C=S) groups is 1. The van der Waals surface area contributed by atoms with Gasteiger partial charge in [0.15, 0.2) is 5.11 Å². The molecule has 1 rings (SSSR count). The number of anilines is 1. The topological polar surface area (TPSA) is 50.4 Å². The van der Waals surface area contributed by atoms with Crippen LogP contribution in [0.25, 0.3) is 0 Å². The van der Waals surface area contributed by atoms with E-state index in [4.69, 9.17) is 17.0 Å². The predicted molar refractivity (Wildman–Crippen MR) is 72.0 cm³/mol. The summed E-state index contributed by atoms with van der Waals surface area (Å²) < 4.78 is 4.77. The first kappa shape index (κ1) is 13.4. The number of hydrogen-bond acceptors (Lipinski definition) is 3. The Bertz CT molecular complexity index is 407. The smallest absolute Gasteiger partial charge is 0.325 e. The van der Waals surface area contributed by atoms with Crippen LogP contribution in [0.15, 0.2) is 24.3 Å². The first-order valence-corrected chi connectivity index (χ1v) is 5.79. The van der Waals surface area contributed by atoms with E-state index in [-0.39, 0.29) is 12.5 Å². The van der Waals surface area contributed by atoms with E-state index in [1.54, 1.807) is 6.92 Å². The molecule has 0 aromatic heterocycles. The van der Waals surface area contributed by atoms with Crippen LogP contribution in [0.3, 0.4) is 0 Å². The molecule has 1 aromatic rings. The van der Waals surface area contributed by atoms with Crippen LogP contribution < -0.4 is 10.6 Å². The molecule has 0 amide bonds. The number of rotatable bonds is 4. The zero-order chi connectivity index (χ0) is 12.7. The van der Waals surface area contributed by atoms with E-state index in [2.05, 4.69) is 10.6 Å². The lowest BCUT2D eigenvalue weighted by Gasteiger charge is -2.10. The minimum atomic E-state index is -0.319. The molecule has 1 aromatic carbocycles. The highest BCUT2D eigenvalue weighted by molar-refractivity contribution is 7.80. The number of nitrogens with one attached hydrogen (secondary N) is 2. The lowest BCUT2D eigenvalue weighted by Crippen LogP contribution is -2.33. The van der Waals surface area contributed by atoms with E-state index in [9.17, 15) is 4.79 Å². The van der Waals surface area contributed by atoms with Crippen molar-refractivity contribution in [2.24, 2.45) is 0 Å². The highest BCUT2D eigenvalue weighted by atomic mass is 32.1. The fraction of sp³-hybridized carbons (Fsp3) is 0.333. The lowest BCUT2D eigenvalue weighted by molar-refractivity contribution is -0.141. The van der Waals surface area contributed by atoms with Crippen LogP contribution in [0, 0.1) is 6.92 Å². The highest BCUT2D eigenvalue weighted by Gasteiger charge is 2.03. The van der Waals surface area contributed by atoms with Crippen molar-refractivity contribution in [3.63, 3.8) is 0 Å². The van der Waals surface area contributed by atoms with Crippen molar-refractivity contribution in [3.8, 4) is 0 Å². The minimum absolute atomic E-state index is 0.0749. The SMILES string of the molecule is CCOC(=O)CNC(=S)Nc1cccc(C)c1. The quantitative estimate of drug-likeness (QED) is 0.632. The Kier molecular flexibility index (Phi) is 5.42. The van der Waals surface area contributed by atoms with Crippen LogP contribution in [-0.2, 0) is 9.53 Å². The van der Waals surface area contributed by atoms with E-state index >= 15 is 0 Å². The molecule has 0 unspecified atom stereocenters. The Morgan fingerprint density at radius 2 is 2.24 bits per heavy atom. The maximum Gasteiger partial charge on any atom is 0.325 e. The molecule has 0 spiro atoms. The summed E-state index contributed by atoms with van der Waals surface area (Å²) in [5.41, 5.74) is 2.04. The Balaban J connectivity index is 2.37. The molecule has 5 heteroatoms. The zero-order valence-electron chi connectivity index (χ0n) is 9.95. The first-order chi connectivity index (χ1) is 8.11. The molecule has 0 saturated carbocycles. The van der Waals surface area contributed by atoms with E-state index in [0.717, 1.165) is 11.3 Å². The third kappa shape index (κ3) is 5.31. The molecule has 0 bridgehead atoms. The van der Waals surface area contributed by atoms with Gasteiger partial charge in [-0.3, -0.25) is 4.79 Å². The van der Waals surface area contributed by atoms with Gasteiger partial charge in [0, 0.05) is 5.69 Å². The molecule has 0 aliphatic rings. The summed E-state index contributed by atoms with van der Waals surface area (Å²) >= 11 is 5.05. The number of benzene rings is 1. The normalized spacial score (nSPS) is 9.53. The van der Waals surface area contributed by atoms with Gasteiger partial charge in [-0.25, -0.2) is 0 Å². The van der Waals surface area contributed by atoms with Crippen molar-refractivity contribution < 1.29 is 9.53 Å². The lowest BCUT2D eigenvalue weighted by atomic mass is 10.2. The van der Waals surface area contributed by atoms with Crippen molar-refractivity contribution in [1.82, 2.24) is 5.32 Å². The molecule has 0 fully saturated rings. The van der Waals surface area contributed by atoms with Gasteiger partial charge >= 0.3 is 5.97 Å². The van der Waals surface area contributed by atoms with Crippen molar-refractivity contribution in [2.75, 3.05) is 18.5 Å². The highest BCUT2D eigenvalue weighted by Crippen LogP contribution is 2.08. The number of esters is 1. The Morgan fingerprint density at radius 1 is 1.47 bits per heavy atom. The first-order valence-electron chi connectivity index (χ1n) is 5.39. The summed E-state index contributed by atoms with van der Waals surface area (Å²) in [6.45, 7) is 4.21. The maximum absolute atomic E-state index is 11.1. The third-order valence-corrected chi connectivity index (χ3v) is 2.22. The third-order valence-electron chi connectivity index (χ3n) is 1.97. The monoisotopic (exact) mass is 252 g/mol. The van der Waals surface area contributed by atoms with Crippen LogP contribution >= 0.6 is 12.2 Å². The molecule has 0 atom stereocenters. The van der Waals surface area contributed by atoms with Gasteiger partial charge in [-0.1, -0.05) is 12.1 Å². The van der Waals surface area contributed by atoms with Crippen molar-refractivity contribution in [2.45, 2.75) is 13.8 Å². The summed E-state index contributed by atoms with van der Waals surface area (Å²) in [6, 6.07) is 7.82. The van der Waals surface area contributed by atoms with Crippen molar-refractivity contribution >= 4 is 29.0 Å². The van der Waals surface area contributed by atoms with Crippen LogP contribution in [0.2, 0.25) is 0 Å². The van der Waals surface area contributed by atoms with E-state index in [0.29, 0.717) is 11.7 Å². The number of aryl methyl sites for hydroxylation is 1. The van der Waals surface area contributed by atoms with E-state index in [1.165, 1.54) is 0 Å². The van der Waals surface area contributed by atoms with Gasteiger partial charge in [0.2, 0.25) is 0 Å². The molecule has 0 radical (unpaired) electrons. The Morgan fingerprint density at radius 3 is 2.88 bits per heavy atom. The molecular formula is C12H16N2O2S. The number of carbonyl (C=O) groups excluding carboxylic acids is 1. The summed E-state index contributed by atoms with van der Waals surface area (Å²) in [6.07, 6.45) is 0. The number of carbonyl (C=O) groups is 1. The summed E-state index contributed by atoms with van der Waals surface area (Å²) in [5, 5.41) is 6.18. The fourth-order valence-electron chi connectivity index (χ4n) is 1.26. The number of ether oxygens (including phenoxy) is 1. The molecule has 0 heterocycles. The van der Waals surface area contributed by atoms with Crippen LogP contribution in [0.1, 0.15) is 12.5 Å². The van der Waals surface area contributed by atoms with Gasteiger partial charge in [0.25, 0.3) is 0 Å². The van der Waals surface area contributed by atoms with Gasteiger partial charge in [-0.05, 0) is 43.8 Å². The van der Waals surface area contributed by atoms with E-state index < -0.39 is 0 Å². The van der Waals surface area contributed by atoms with Crippen LogP contribution in [0.5, 0.6) is 0 Å². The summed E-state index contributed by atoms with van der Waals surface area (Å²) in [4.78, 5) is 11.1. The zero-order valence-corrected chi connectivity index (χ0v) is 10.8. The maximum atomic E-state index is 11.1. The second kappa shape index (κ2) is 6.85. The molecule has 0 saturated heterocycles. The Labute approximate surface area is 106 Å². The second-order valence-electron chi connectivity index (χ2n) is 3.48. The predicted octanol–water partition coefficient (Wildman–Crippen LogP) is 1.84. The number of hydrogen-bond donors (Lipinski definition) is 2. The van der Waals surface area contributed by atoms with Crippen LogP contribution in [-0.4, -0.2) is 24.2 Å². The van der Waals surface area contributed by atoms with E-state index in [1.807, 2.05) is 31.2 Å². The van der Waals surface area contributed by atoms with Crippen molar-refractivity contribution in [1.29, 1.82) is 0 Å². The molecule has 92 valence electrons. The molecule has 0 aliphatic carbocycles.